The molecule has 0 fully saturated rings. The van der Waals surface area contributed by atoms with Crippen LogP contribution in [-0.4, -0.2) is 6.54 Å². The molecule has 0 spiro atoms. The van der Waals surface area contributed by atoms with Crippen LogP contribution in [0.3, 0.4) is 0 Å². The Hall–Kier alpha value is -0.830. The molecular weight excluding hydrogens is 346 g/mol. The van der Waals surface area contributed by atoms with Gasteiger partial charge in [-0.05, 0) is 65.5 Å². The van der Waals surface area contributed by atoms with E-state index in [4.69, 9.17) is 11.6 Å². The van der Waals surface area contributed by atoms with Crippen molar-refractivity contribution in [3.8, 4) is 0 Å². The number of hydrogen-bond acceptors (Lipinski definition) is 1. The predicted molar refractivity (Wildman–Crippen MR) is 95.2 cm³/mol. The van der Waals surface area contributed by atoms with Crippen molar-refractivity contribution in [1.82, 2.24) is 5.32 Å². The van der Waals surface area contributed by atoms with Crippen LogP contribution in [0.1, 0.15) is 35.2 Å². The van der Waals surface area contributed by atoms with Crippen LogP contribution < -0.4 is 5.32 Å². The molecule has 0 bridgehead atoms. The second kappa shape index (κ2) is 7.44. The van der Waals surface area contributed by atoms with Crippen LogP contribution in [-0.2, 0) is 6.42 Å². The van der Waals surface area contributed by atoms with Crippen LogP contribution >= 0.6 is 27.5 Å². The lowest BCUT2D eigenvalue weighted by Gasteiger charge is -2.21. The summed E-state index contributed by atoms with van der Waals surface area (Å²) in [6.07, 6.45) is 0.942. The summed E-state index contributed by atoms with van der Waals surface area (Å²) in [6, 6.07) is 13.0. The van der Waals surface area contributed by atoms with E-state index in [9.17, 15) is 0 Å². The monoisotopic (exact) mass is 365 g/mol. The van der Waals surface area contributed by atoms with Gasteiger partial charge in [0.25, 0.3) is 0 Å². The number of halogens is 2. The van der Waals surface area contributed by atoms with Gasteiger partial charge in [0.1, 0.15) is 0 Å². The van der Waals surface area contributed by atoms with Crippen molar-refractivity contribution in [2.24, 2.45) is 0 Å². The van der Waals surface area contributed by atoms with Gasteiger partial charge in [-0.25, -0.2) is 0 Å². The first-order chi connectivity index (χ1) is 10.0. The molecule has 0 heterocycles. The zero-order chi connectivity index (χ0) is 15.4. The first-order valence-corrected chi connectivity index (χ1v) is 8.43. The van der Waals surface area contributed by atoms with Crippen LogP contribution in [0.4, 0.5) is 0 Å². The Morgan fingerprint density at radius 2 is 1.95 bits per heavy atom. The van der Waals surface area contributed by atoms with E-state index in [1.807, 2.05) is 12.1 Å². The lowest BCUT2D eigenvalue weighted by molar-refractivity contribution is 0.548. The molecule has 0 aliphatic heterocycles. The molecule has 112 valence electrons. The number of aryl methyl sites for hydroxylation is 2. The van der Waals surface area contributed by atoms with Gasteiger partial charge in [0.15, 0.2) is 0 Å². The average Bonchev–Trinajstić information content (AvgIpc) is 2.45. The van der Waals surface area contributed by atoms with E-state index < -0.39 is 0 Å². The van der Waals surface area contributed by atoms with Crippen LogP contribution in [0, 0.1) is 13.8 Å². The molecule has 2 aromatic carbocycles. The van der Waals surface area contributed by atoms with Gasteiger partial charge in [-0.1, -0.05) is 54.4 Å². The quantitative estimate of drug-likeness (QED) is 0.725. The van der Waals surface area contributed by atoms with Crippen molar-refractivity contribution in [2.75, 3.05) is 6.54 Å². The van der Waals surface area contributed by atoms with E-state index in [1.165, 1.54) is 16.7 Å². The molecule has 0 aromatic heterocycles. The maximum Gasteiger partial charge on any atom is 0.0595 e. The SMILES string of the molecule is CCNC(Cc1cc(C)ccc1C)c1cccc(Br)c1Cl. The van der Waals surface area contributed by atoms with Gasteiger partial charge in [-0.15, -0.1) is 0 Å². The predicted octanol–water partition coefficient (Wildman–Crippen LogP) is 5.61. The molecule has 0 aliphatic carbocycles. The molecule has 1 N–H and O–H groups in total. The van der Waals surface area contributed by atoms with Gasteiger partial charge in [0.05, 0.1) is 5.02 Å². The van der Waals surface area contributed by atoms with Gasteiger partial charge in [-0.2, -0.15) is 0 Å². The van der Waals surface area contributed by atoms with E-state index >= 15 is 0 Å². The third-order valence-electron chi connectivity index (χ3n) is 3.74. The summed E-state index contributed by atoms with van der Waals surface area (Å²) in [7, 11) is 0. The summed E-state index contributed by atoms with van der Waals surface area (Å²) in [6.45, 7) is 7.35. The number of nitrogens with one attached hydrogen (secondary N) is 1. The zero-order valence-electron chi connectivity index (χ0n) is 12.7. The van der Waals surface area contributed by atoms with Crippen LogP contribution in [0.5, 0.6) is 0 Å². The Morgan fingerprint density at radius 1 is 1.19 bits per heavy atom. The van der Waals surface area contributed by atoms with Crippen molar-refractivity contribution in [1.29, 1.82) is 0 Å². The number of likely N-dealkylation sites (N-methyl/N-ethyl adjacent to an activating group) is 1. The molecule has 1 unspecified atom stereocenters. The fourth-order valence-electron chi connectivity index (χ4n) is 2.57. The molecule has 0 saturated carbocycles. The highest BCUT2D eigenvalue weighted by atomic mass is 79.9. The van der Waals surface area contributed by atoms with E-state index in [-0.39, 0.29) is 6.04 Å². The number of benzene rings is 2. The Kier molecular flexibility index (Phi) is 5.86. The number of hydrogen-bond donors (Lipinski definition) is 1. The summed E-state index contributed by atoms with van der Waals surface area (Å²) < 4.78 is 0.950. The first kappa shape index (κ1) is 16.5. The van der Waals surface area contributed by atoms with Gasteiger partial charge < -0.3 is 5.32 Å². The molecule has 0 aliphatic rings. The second-order valence-corrected chi connectivity index (χ2v) is 6.62. The van der Waals surface area contributed by atoms with Crippen molar-refractivity contribution < 1.29 is 0 Å². The first-order valence-electron chi connectivity index (χ1n) is 7.26. The molecule has 2 rings (SSSR count). The Morgan fingerprint density at radius 3 is 2.67 bits per heavy atom. The molecule has 3 heteroatoms. The lowest BCUT2D eigenvalue weighted by Crippen LogP contribution is -2.23. The highest BCUT2D eigenvalue weighted by Crippen LogP contribution is 2.32. The zero-order valence-corrected chi connectivity index (χ0v) is 15.1. The fraction of sp³-hybridized carbons (Fsp3) is 0.333. The molecule has 21 heavy (non-hydrogen) atoms. The summed E-state index contributed by atoms with van der Waals surface area (Å²) in [4.78, 5) is 0. The third-order valence-corrected chi connectivity index (χ3v) is 5.05. The Bertz CT molecular complexity index is 625. The summed E-state index contributed by atoms with van der Waals surface area (Å²) in [5.74, 6) is 0. The second-order valence-electron chi connectivity index (χ2n) is 5.39. The highest BCUT2D eigenvalue weighted by Gasteiger charge is 2.16. The number of rotatable bonds is 5. The minimum atomic E-state index is 0.223. The summed E-state index contributed by atoms with van der Waals surface area (Å²) >= 11 is 9.99. The van der Waals surface area contributed by atoms with Crippen LogP contribution in [0.25, 0.3) is 0 Å². The van der Waals surface area contributed by atoms with Crippen molar-refractivity contribution in [3.05, 3.63) is 68.1 Å². The van der Waals surface area contributed by atoms with Gasteiger partial charge in [-0.3, -0.25) is 0 Å². The van der Waals surface area contributed by atoms with Crippen LogP contribution in [0.15, 0.2) is 40.9 Å². The maximum atomic E-state index is 6.47. The minimum Gasteiger partial charge on any atom is -0.310 e. The Labute approximate surface area is 140 Å². The molecule has 0 amide bonds. The summed E-state index contributed by atoms with van der Waals surface area (Å²) in [5, 5.41) is 4.36. The standard InChI is InChI=1S/C18H21BrClN/c1-4-21-17(15-6-5-7-16(19)18(15)20)11-14-10-12(2)8-9-13(14)3/h5-10,17,21H,4,11H2,1-3H3. The topological polar surface area (TPSA) is 12.0 Å². The van der Waals surface area contributed by atoms with Crippen LogP contribution in [0.2, 0.25) is 5.02 Å². The molecule has 1 nitrogen and oxygen atoms in total. The van der Waals surface area contributed by atoms with E-state index in [0.717, 1.165) is 28.0 Å². The molecule has 0 radical (unpaired) electrons. The summed E-state index contributed by atoms with van der Waals surface area (Å²) in [5.41, 5.74) is 5.14. The highest BCUT2D eigenvalue weighted by molar-refractivity contribution is 9.10. The van der Waals surface area contributed by atoms with Crippen molar-refractivity contribution >= 4 is 27.5 Å². The van der Waals surface area contributed by atoms with Gasteiger partial charge in [0, 0.05) is 10.5 Å². The van der Waals surface area contributed by atoms with E-state index in [1.54, 1.807) is 0 Å². The largest absolute Gasteiger partial charge is 0.310 e. The average molecular weight is 367 g/mol. The van der Waals surface area contributed by atoms with Gasteiger partial charge >= 0.3 is 0 Å². The van der Waals surface area contributed by atoms with Crippen molar-refractivity contribution in [3.63, 3.8) is 0 Å². The molecular formula is C18H21BrClN. The Balaban J connectivity index is 2.35. The minimum absolute atomic E-state index is 0.223. The molecule has 2 aromatic rings. The molecule has 0 saturated heterocycles. The van der Waals surface area contributed by atoms with Gasteiger partial charge in [0.2, 0.25) is 0 Å². The molecule has 1 atom stereocenters. The van der Waals surface area contributed by atoms with E-state index in [2.05, 4.69) is 66.3 Å². The normalized spacial score (nSPS) is 12.4. The van der Waals surface area contributed by atoms with E-state index in [0.29, 0.717) is 0 Å². The van der Waals surface area contributed by atoms with Crippen molar-refractivity contribution in [2.45, 2.75) is 33.2 Å². The smallest absolute Gasteiger partial charge is 0.0595 e. The maximum absolute atomic E-state index is 6.47. The fourth-order valence-corrected chi connectivity index (χ4v) is 3.21. The third kappa shape index (κ3) is 4.09. The lowest BCUT2D eigenvalue weighted by atomic mass is 9.95.